The molecule has 0 aromatic heterocycles. The summed E-state index contributed by atoms with van der Waals surface area (Å²) in [6, 6.07) is 23.8. The van der Waals surface area contributed by atoms with Crippen molar-refractivity contribution in [2.75, 3.05) is 6.61 Å². The molecule has 3 aromatic carbocycles. The molecule has 1 amide bonds. The Labute approximate surface area is 343 Å². The van der Waals surface area contributed by atoms with E-state index in [2.05, 4.69) is 5.32 Å². The third-order valence-corrected chi connectivity index (χ3v) is 13.6. The van der Waals surface area contributed by atoms with E-state index in [4.69, 9.17) is 18.9 Å². The van der Waals surface area contributed by atoms with Gasteiger partial charge in [-0.2, -0.15) is 0 Å². The highest BCUT2D eigenvalue weighted by Gasteiger charge is 2.78. The van der Waals surface area contributed by atoms with Crippen LogP contribution >= 0.6 is 0 Å². The zero-order chi connectivity index (χ0) is 42.7. The Hall–Kier alpha value is -4.92. The monoisotopic (exact) mass is 811 g/mol. The third kappa shape index (κ3) is 6.86. The highest BCUT2D eigenvalue weighted by molar-refractivity contribution is 5.95. The number of aliphatic hydroxyl groups excluding tert-OH is 3. The number of hydrogen-bond acceptors (Lipinski definition) is 12. The van der Waals surface area contributed by atoms with Crippen LogP contribution in [0.3, 0.4) is 0 Å². The highest BCUT2D eigenvalue weighted by atomic mass is 16.6. The minimum atomic E-state index is -1.90. The number of nitrogens with one attached hydrogen (secondary N) is 1. The van der Waals surface area contributed by atoms with Crippen molar-refractivity contribution in [1.29, 1.82) is 0 Å². The Morgan fingerprint density at radius 3 is 2.02 bits per heavy atom. The first-order valence-electron chi connectivity index (χ1n) is 20.0. The van der Waals surface area contributed by atoms with Gasteiger partial charge in [0.1, 0.15) is 18.3 Å². The van der Waals surface area contributed by atoms with Gasteiger partial charge in [-0.3, -0.25) is 9.59 Å². The SMILES string of the molecule is CC(=O)O[C@@]12CO[C@@H]1C[C@H](O)[C@]1(C)[C@@H]2[C@H](OC(=O)c2ccccc2)[C@]2(C(C)(C)O)C[C@H](OC(=O)[C@H](O)[C@@H](NC(=O)c3ccccc3)c3ccccc3)C(C)=C2[C@H](C)[C@@H]1O. The number of esters is 3. The molecule has 0 unspecified atom stereocenters. The number of benzene rings is 3. The molecule has 314 valence electrons. The molecule has 3 aliphatic carbocycles. The van der Waals surface area contributed by atoms with Crippen molar-refractivity contribution in [3.8, 4) is 0 Å². The lowest BCUT2D eigenvalue weighted by Gasteiger charge is -2.65. The van der Waals surface area contributed by atoms with Crippen LogP contribution in [0, 0.1) is 22.7 Å². The fourth-order valence-electron chi connectivity index (χ4n) is 10.7. The highest BCUT2D eigenvalue weighted by Crippen LogP contribution is 2.69. The van der Waals surface area contributed by atoms with E-state index >= 15 is 0 Å². The molecule has 13 heteroatoms. The summed E-state index contributed by atoms with van der Waals surface area (Å²) in [6.07, 6.45) is -8.12. The molecule has 0 spiro atoms. The summed E-state index contributed by atoms with van der Waals surface area (Å²) in [5, 5.41) is 51.8. The molecule has 12 atom stereocenters. The summed E-state index contributed by atoms with van der Waals surface area (Å²) in [5.74, 6) is -5.05. The Morgan fingerprint density at radius 1 is 0.898 bits per heavy atom. The molecule has 3 aromatic rings. The molecule has 0 bridgehead atoms. The van der Waals surface area contributed by atoms with E-state index in [0.29, 0.717) is 22.3 Å². The normalized spacial score (nSPS) is 33.4. The summed E-state index contributed by atoms with van der Waals surface area (Å²) < 4.78 is 25.0. The van der Waals surface area contributed by atoms with Gasteiger partial charge < -0.3 is 44.7 Å². The molecular formula is C46H53NO12. The number of hydrogen-bond donors (Lipinski definition) is 5. The van der Waals surface area contributed by atoms with Crippen molar-refractivity contribution in [2.24, 2.45) is 22.7 Å². The van der Waals surface area contributed by atoms with E-state index in [1.165, 1.54) is 6.92 Å². The quantitative estimate of drug-likeness (QED) is 0.111. The van der Waals surface area contributed by atoms with Crippen LogP contribution in [0.1, 0.15) is 86.7 Å². The van der Waals surface area contributed by atoms with Gasteiger partial charge >= 0.3 is 17.9 Å². The van der Waals surface area contributed by atoms with Gasteiger partial charge in [0.25, 0.3) is 5.91 Å². The van der Waals surface area contributed by atoms with Crippen molar-refractivity contribution < 1.29 is 58.6 Å². The molecule has 3 fully saturated rings. The fourth-order valence-corrected chi connectivity index (χ4v) is 10.7. The maximum atomic E-state index is 14.3. The average Bonchev–Trinajstić information content (AvgIpc) is 3.49. The van der Waals surface area contributed by atoms with E-state index in [-0.39, 0.29) is 25.0 Å². The van der Waals surface area contributed by atoms with Gasteiger partial charge in [-0.15, -0.1) is 0 Å². The number of ether oxygens (including phenoxy) is 4. The standard InChI is InChI=1S/C46H53NO12/c1-25-31(57-42(54)36(50)35(28-16-10-7-11-17-28)47-40(52)29-18-12-8-13-19-29)23-45(43(4,5)55)34(25)26(2)38(51)44(6)32(49)22-33-46(24-56-33,59-27(3)48)37(44)39(45)58-41(53)30-20-14-9-15-21-30/h7-21,26,31-33,35-39,49-51,55H,22-24H2,1-6H3,(H,47,52)/t26-,31-,32-,33+,35-,36+,37-,38-,39-,44+,45-,46-/m0/s1. The van der Waals surface area contributed by atoms with E-state index in [1.807, 2.05) is 0 Å². The minimum Gasteiger partial charge on any atom is -0.457 e. The number of rotatable bonds is 10. The van der Waals surface area contributed by atoms with Crippen LogP contribution in [0.25, 0.3) is 0 Å². The van der Waals surface area contributed by atoms with Crippen LogP contribution in [0.15, 0.2) is 102 Å². The average molecular weight is 812 g/mol. The van der Waals surface area contributed by atoms with E-state index in [1.54, 1.807) is 126 Å². The lowest BCUT2D eigenvalue weighted by Crippen LogP contribution is -2.78. The van der Waals surface area contributed by atoms with Gasteiger partial charge in [0.15, 0.2) is 11.7 Å². The molecule has 13 nitrogen and oxygen atoms in total. The molecule has 2 saturated carbocycles. The first-order chi connectivity index (χ1) is 27.9. The van der Waals surface area contributed by atoms with Gasteiger partial charge in [0.2, 0.25) is 0 Å². The Bertz CT molecular complexity index is 2100. The number of amides is 1. The van der Waals surface area contributed by atoms with Crippen LogP contribution < -0.4 is 5.32 Å². The predicted molar refractivity (Wildman–Crippen MR) is 212 cm³/mol. The van der Waals surface area contributed by atoms with Crippen molar-refractivity contribution in [3.63, 3.8) is 0 Å². The lowest BCUT2D eigenvalue weighted by atomic mass is 9.49. The molecule has 0 radical (unpaired) electrons. The summed E-state index contributed by atoms with van der Waals surface area (Å²) in [7, 11) is 0. The molecule has 5 N–H and O–H groups in total. The molecule has 1 heterocycles. The van der Waals surface area contributed by atoms with E-state index in [0.717, 1.165) is 0 Å². The van der Waals surface area contributed by atoms with Crippen LogP contribution in [0.4, 0.5) is 0 Å². The summed E-state index contributed by atoms with van der Waals surface area (Å²) >= 11 is 0. The third-order valence-electron chi connectivity index (χ3n) is 13.6. The lowest BCUT2D eigenvalue weighted by molar-refractivity contribution is -0.350. The maximum absolute atomic E-state index is 14.3. The Morgan fingerprint density at radius 2 is 1.47 bits per heavy atom. The zero-order valence-electron chi connectivity index (χ0n) is 34.0. The van der Waals surface area contributed by atoms with Crippen LogP contribution in [0.2, 0.25) is 0 Å². The van der Waals surface area contributed by atoms with Gasteiger partial charge in [0, 0.05) is 36.7 Å². The molecule has 1 aliphatic heterocycles. The zero-order valence-corrected chi connectivity index (χ0v) is 34.0. The minimum absolute atomic E-state index is 0.0124. The van der Waals surface area contributed by atoms with Crippen LogP contribution in [-0.4, -0.2) is 98.7 Å². The molecular weight excluding hydrogens is 759 g/mol. The number of aliphatic hydroxyl groups is 4. The van der Waals surface area contributed by atoms with Crippen molar-refractivity contribution in [1.82, 2.24) is 5.32 Å². The second-order valence-corrected chi connectivity index (χ2v) is 17.3. The summed E-state index contributed by atoms with van der Waals surface area (Å²) in [6.45, 7) is 9.32. The largest absolute Gasteiger partial charge is 0.457 e. The van der Waals surface area contributed by atoms with Crippen LogP contribution in [-0.2, 0) is 28.5 Å². The smallest absolute Gasteiger partial charge is 0.338 e. The molecule has 59 heavy (non-hydrogen) atoms. The second-order valence-electron chi connectivity index (χ2n) is 17.3. The van der Waals surface area contributed by atoms with E-state index in [9.17, 15) is 39.6 Å². The Balaban J connectivity index is 1.34. The van der Waals surface area contributed by atoms with Crippen molar-refractivity contribution in [3.05, 3.63) is 119 Å². The summed E-state index contributed by atoms with van der Waals surface area (Å²) in [4.78, 5) is 54.9. The van der Waals surface area contributed by atoms with Gasteiger partial charge in [-0.05, 0) is 61.7 Å². The van der Waals surface area contributed by atoms with Crippen LogP contribution in [0.5, 0.6) is 0 Å². The second kappa shape index (κ2) is 15.6. The first-order valence-corrected chi connectivity index (χ1v) is 20.0. The molecule has 7 rings (SSSR count). The number of fused-ring (bicyclic) bond motifs is 4. The Kier molecular flexibility index (Phi) is 11.2. The molecule has 1 saturated heterocycles. The summed E-state index contributed by atoms with van der Waals surface area (Å²) in [5.41, 5.74) is -4.67. The van der Waals surface area contributed by atoms with Gasteiger partial charge in [-0.25, -0.2) is 9.59 Å². The maximum Gasteiger partial charge on any atom is 0.338 e. The van der Waals surface area contributed by atoms with Gasteiger partial charge in [0.05, 0.1) is 47.4 Å². The van der Waals surface area contributed by atoms with Crippen molar-refractivity contribution in [2.45, 2.75) is 108 Å². The van der Waals surface area contributed by atoms with Crippen molar-refractivity contribution >= 4 is 23.8 Å². The van der Waals surface area contributed by atoms with E-state index < -0.39 is 100 Å². The topological polar surface area (TPSA) is 198 Å². The number of carbonyl (C=O) groups is 4. The molecule has 4 aliphatic rings. The number of carbonyl (C=O) groups excluding carboxylic acids is 4. The fraction of sp³-hybridized carbons (Fsp3) is 0.478. The predicted octanol–water partition coefficient (Wildman–Crippen LogP) is 4.23. The van der Waals surface area contributed by atoms with Gasteiger partial charge in [-0.1, -0.05) is 80.6 Å². The first kappa shape index (κ1) is 42.2.